The summed E-state index contributed by atoms with van der Waals surface area (Å²) in [6, 6.07) is 4.98. The zero-order chi connectivity index (χ0) is 17.5. The van der Waals surface area contributed by atoms with Crippen LogP contribution in [0.1, 0.15) is 42.1 Å². The first-order chi connectivity index (χ1) is 11.3. The Morgan fingerprint density at radius 2 is 2.08 bits per heavy atom. The number of anilines is 1. The maximum absolute atomic E-state index is 12.8. The van der Waals surface area contributed by atoms with Crippen LogP contribution in [0.5, 0.6) is 0 Å². The number of ether oxygens (including phenoxy) is 1. The number of sulfonamides is 1. The van der Waals surface area contributed by atoms with E-state index in [-0.39, 0.29) is 18.9 Å². The summed E-state index contributed by atoms with van der Waals surface area (Å²) in [5.74, 6) is -0.632. The summed E-state index contributed by atoms with van der Waals surface area (Å²) in [6.45, 7) is 2.27. The monoisotopic (exact) mass is 352 g/mol. The number of carbonyl (C=O) groups excluding carboxylic acids is 2. The normalized spacial score (nSPS) is 18.2. The molecule has 0 saturated heterocycles. The second-order valence-corrected chi connectivity index (χ2v) is 8.34. The van der Waals surface area contributed by atoms with Crippen LogP contribution in [0.2, 0.25) is 0 Å². The average Bonchev–Trinajstić information content (AvgIpc) is 3.23. The lowest BCUT2D eigenvalue weighted by atomic mass is 10.1. The summed E-state index contributed by atoms with van der Waals surface area (Å²) in [6.07, 6.45) is 0.702. The largest absolute Gasteiger partial charge is 0.466 e. The Hall–Kier alpha value is -2.09. The molecule has 130 valence electrons. The standard InChI is InChI=1S/C16H20N2O5S/c1-3-23-14(19)9-16(7-8-16)24(21,22)17-13-6-4-5-11-12(13)10-18(2)15(11)20/h4-6,17H,3,7-10H2,1-2H3. The fourth-order valence-electron chi connectivity index (χ4n) is 2.98. The molecule has 8 heteroatoms. The number of benzene rings is 1. The highest BCUT2D eigenvalue weighted by Crippen LogP contribution is 2.47. The molecule has 1 saturated carbocycles. The summed E-state index contributed by atoms with van der Waals surface area (Å²) >= 11 is 0. The highest BCUT2D eigenvalue weighted by Gasteiger charge is 2.56. The van der Waals surface area contributed by atoms with Gasteiger partial charge in [-0.3, -0.25) is 14.3 Å². The van der Waals surface area contributed by atoms with Crippen molar-refractivity contribution in [3.05, 3.63) is 29.3 Å². The lowest BCUT2D eigenvalue weighted by molar-refractivity contribution is -0.143. The molecule has 7 nitrogen and oxygen atoms in total. The Kier molecular flexibility index (Phi) is 4.03. The molecular weight excluding hydrogens is 332 g/mol. The van der Waals surface area contributed by atoms with Crippen molar-refractivity contribution in [1.29, 1.82) is 0 Å². The predicted octanol–water partition coefficient (Wildman–Crippen LogP) is 1.50. The predicted molar refractivity (Wildman–Crippen MR) is 88.0 cm³/mol. The van der Waals surface area contributed by atoms with Crippen molar-refractivity contribution in [3.8, 4) is 0 Å². The molecule has 24 heavy (non-hydrogen) atoms. The van der Waals surface area contributed by atoms with Crippen LogP contribution in [0.15, 0.2) is 18.2 Å². The van der Waals surface area contributed by atoms with Gasteiger partial charge < -0.3 is 9.64 Å². The summed E-state index contributed by atoms with van der Waals surface area (Å²) in [4.78, 5) is 25.3. The van der Waals surface area contributed by atoms with Gasteiger partial charge in [-0.25, -0.2) is 8.42 Å². The molecule has 1 amide bonds. The highest BCUT2D eigenvalue weighted by atomic mass is 32.2. The van der Waals surface area contributed by atoms with Gasteiger partial charge >= 0.3 is 5.97 Å². The van der Waals surface area contributed by atoms with Gasteiger partial charge in [0.1, 0.15) is 4.75 Å². The number of nitrogens with zero attached hydrogens (tertiary/aromatic N) is 1. The molecule has 3 rings (SSSR count). The van der Waals surface area contributed by atoms with Crippen molar-refractivity contribution in [2.45, 2.75) is 37.5 Å². The van der Waals surface area contributed by atoms with Gasteiger partial charge in [0.05, 0.1) is 18.7 Å². The van der Waals surface area contributed by atoms with Gasteiger partial charge in [-0.15, -0.1) is 0 Å². The number of rotatable bonds is 6. The molecule has 0 unspecified atom stereocenters. The minimum Gasteiger partial charge on any atom is -0.466 e. The smallest absolute Gasteiger partial charge is 0.307 e. The lowest BCUT2D eigenvalue weighted by Gasteiger charge is -2.18. The Morgan fingerprint density at radius 1 is 1.38 bits per heavy atom. The van der Waals surface area contributed by atoms with Gasteiger partial charge in [-0.05, 0) is 31.9 Å². The second kappa shape index (κ2) is 5.77. The summed E-state index contributed by atoms with van der Waals surface area (Å²) in [7, 11) is -2.08. The molecule has 2 aliphatic rings. The first kappa shape index (κ1) is 16.8. The molecule has 1 N–H and O–H groups in total. The van der Waals surface area contributed by atoms with Crippen molar-refractivity contribution in [2.75, 3.05) is 18.4 Å². The maximum atomic E-state index is 12.8. The van der Waals surface area contributed by atoms with Crippen LogP contribution in [-0.2, 0) is 26.1 Å². The Labute approximate surface area is 141 Å². The minimum absolute atomic E-state index is 0.126. The van der Waals surface area contributed by atoms with Crippen LogP contribution in [0.3, 0.4) is 0 Å². The van der Waals surface area contributed by atoms with Crippen LogP contribution < -0.4 is 4.72 Å². The van der Waals surface area contributed by atoms with E-state index in [0.717, 1.165) is 0 Å². The first-order valence-corrected chi connectivity index (χ1v) is 9.33. The molecule has 0 bridgehead atoms. The summed E-state index contributed by atoms with van der Waals surface area (Å²) in [5, 5.41) is 0. The van der Waals surface area contributed by atoms with E-state index in [1.54, 1.807) is 32.2 Å². The van der Waals surface area contributed by atoms with E-state index in [0.29, 0.717) is 36.2 Å². The number of hydrogen-bond acceptors (Lipinski definition) is 5. The van der Waals surface area contributed by atoms with Gasteiger partial charge in [-0.1, -0.05) is 6.07 Å². The van der Waals surface area contributed by atoms with E-state index in [2.05, 4.69) is 4.72 Å². The number of amides is 1. The highest BCUT2D eigenvalue weighted by molar-refractivity contribution is 7.94. The third kappa shape index (κ3) is 2.75. The van der Waals surface area contributed by atoms with Gasteiger partial charge in [0.2, 0.25) is 10.0 Å². The molecule has 0 atom stereocenters. The number of esters is 1. The molecule has 1 fully saturated rings. The zero-order valence-corrected chi connectivity index (χ0v) is 14.5. The number of nitrogens with one attached hydrogen (secondary N) is 1. The Balaban J connectivity index is 1.84. The third-order valence-corrected chi connectivity index (χ3v) is 6.72. The van der Waals surface area contributed by atoms with Crippen LogP contribution in [0.4, 0.5) is 5.69 Å². The molecule has 0 spiro atoms. The summed E-state index contributed by atoms with van der Waals surface area (Å²) < 4.78 is 31.9. The van der Waals surface area contributed by atoms with E-state index in [9.17, 15) is 18.0 Å². The fraction of sp³-hybridized carbons (Fsp3) is 0.500. The molecule has 0 radical (unpaired) electrons. The Bertz CT molecular complexity index is 799. The fourth-order valence-corrected chi connectivity index (χ4v) is 4.62. The van der Waals surface area contributed by atoms with Crippen LogP contribution in [0, 0.1) is 0 Å². The van der Waals surface area contributed by atoms with Crippen molar-refractivity contribution in [3.63, 3.8) is 0 Å². The molecule has 1 aliphatic heterocycles. The number of hydrogen-bond donors (Lipinski definition) is 1. The van der Waals surface area contributed by atoms with E-state index in [4.69, 9.17) is 4.74 Å². The maximum Gasteiger partial charge on any atom is 0.307 e. The minimum atomic E-state index is -3.75. The Morgan fingerprint density at radius 3 is 2.71 bits per heavy atom. The molecule has 0 aromatic heterocycles. The van der Waals surface area contributed by atoms with E-state index >= 15 is 0 Å². The van der Waals surface area contributed by atoms with Crippen LogP contribution in [-0.4, -0.2) is 43.6 Å². The van der Waals surface area contributed by atoms with Crippen molar-refractivity contribution in [1.82, 2.24) is 4.90 Å². The van der Waals surface area contributed by atoms with Crippen molar-refractivity contribution < 1.29 is 22.7 Å². The van der Waals surface area contributed by atoms with Gasteiger partial charge in [0.25, 0.3) is 5.91 Å². The molecule has 1 aromatic rings. The number of fused-ring (bicyclic) bond motifs is 1. The second-order valence-electron chi connectivity index (χ2n) is 6.26. The quantitative estimate of drug-likeness (QED) is 0.783. The average molecular weight is 352 g/mol. The first-order valence-electron chi connectivity index (χ1n) is 7.85. The SMILES string of the molecule is CCOC(=O)CC1(S(=O)(=O)Nc2cccc3c2CN(C)C3=O)CC1. The number of carbonyl (C=O) groups is 2. The van der Waals surface area contributed by atoms with E-state index < -0.39 is 20.7 Å². The molecular formula is C16H20N2O5S. The third-order valence-electron chi connectivity index (χ3n) is 4.54. The van der Waals surface area contributed by atoms with Gasteiger partial charge in [0.15, 0.2) is 0 Å². The van der Waals surface area contributed by atoms with Crippen LogP contribution >= 0.6 is 0 Å². The molecule has 1 aliphatic carbocycles. The van der Waals surface area contributed by atoms with E-state index in [1.165, 1.54) is 4.90 Å². The molecule has 1 heterocycles. The van der Waals surface area contributed by atoms with Crippen molar-refractivity contribution >= 4 is 27.6 Å². The molecule has 1 aromatic carbocycles. The lowest BCUT2D eigenvalue weighted by Crippen LogP contribution is -2.33. The zero-order valence-electron chi connectivity index (χ0n) is 13.7. The van der Waals surface area contributed by atoms with Gasteiger partial charge in [0, 0.05) is 24.7 Å². The van der Waals surface area contributed by atoms with E-state index in [1.807, 2.05) is 0 Å². The van der Waals surface area contributed by atoms with Gasteiger partial charge in [-0.2, -0.15) is 0 Å². The summed E-state index contributed by atoms with van der Waals surface area (Å²) in [5.41, 5.74) is 1.58. The van der Waals surface area contributed by atoms with Crippen LogP contribution in [0.25, 0.3) is 0 Å². The topological polar surface area (TPSA) is 92.8 Å². The van der Waals surface area contributed by atoms with Crippen molar-refractivity contribution in [2.24, 2.45) is 0 Å².